The molecule has 0 radical (unpaired) electrons. The van der Waals surface area contributed by atoms with Crippen molar-refractivity contribution in [3.8, 4) is 11.3 Å². The maximum atomic E-state index is 11.7. The standard InChI is InChI=1S/C17H14N2O4/c1-9-3-4-11(7-10(9)2)14-6-5-12(23-14)8-13-15(20)18-17(22)19-16(13)21/h3-8H,1-2H3,(H2,18,19,20,21,22). The van der Waals surface area contributed by atoms with Gasteiger partial charge in [-0.05, 0) is 49.2 Å². The molecular weight excluding hydrogens is 296 g/mol. The average Bonchev–Trinajstić information content (AvgIpc) is 2.94. The van der Waals surface area contributed by atoms with Crippen LogP contribution in [0.2, 0.25) is 0 Å². The van der Waals surface area contributed by atoms with Crippen molar-refractivity contribution < 1.29 is 18.8 Å². The van der Waals surface area contributed by atoms with Crippen LogP contribution >= 0.6 is 0 Å². The Morgan fingerprint density at radius 2 is 1.61 bits per heavy atom. The zero-order valence-corrected chi connectivity index (χ0v) is 12.6. The highest BCUT2D eigenvalue weighted by atomic mass is 16.3. The molecule has 0 spiro atoms. The molecule has 2 heterocycles. The van der Waals surface area contributed by atoms with E-state index in [-0.39, 0.29) is 5.57 Å². The minimum Gasteiger partial charge on any atom is -0.457 e. The van der Waals surface area contributed by atoms with Crippen LogP contribution in [0.25, 0.3) is 17.4 Å². The SMILES string of the molecule is Cc1ccc(-c2ccc(C=C3C(=O)NC(=O)NC3=O)o2)cc1C. The quantitative estimate of drug-likeness (QED) is 0.658. The van der Waals surface area contributed by atoms with E-state index in [2.05, 4.69) is 0 Å². The van der Waals surface area contributed by atoms with Gasteiger partial charge in [-0.3, -0.25) is 20.2 Å². The molecule has 4 amide bonds. The van der Waals surface area contributed by atoms with Crippen LogP contribution in [-0.4, -0.2) is 17.8 Å². The number of carbonyl (C=O) groups excluding carboxylic acids is 3. The van der Waals surface area contributed by atoms with Gasteiger partial charge >= 0.3 is 6.03 Å². The van der Waals surface area contributed by atoms with Gasteiger partial charge < -0.3 is 4.42 Å². The van der Waals surface area contributed by atoms with Gasteiger partial charge in [0.2, 0.25) is 0 Å². The van der Waals surface area contributed by atoms with Gasteiger partial charge in [0.25, 0.3) is 11.8 Å². The lowest BCUT2D eigenvalue weighted by molar-refractivity contribution is -0.123. The summed E-state index contributed by atoms with van der Waals surface area (Å²) in [5, 5.41) is 4.02. The monoisotopic (exact) mass is 310 g/mol. The van der Waals surface area contributed by atoms with Crippen molar-refractivity contribution in [3.05, 3.63) is 52.8 Å². The number of carbonyl (C=O) groups is 3. The lowest BCUT2D eigenvalue weighted by atomic mass is 10.1. The average molecular weight is 310 g/mol. The molecule has 1 fully saturated rings. The van der Waals surface area contributed by atoms with E-state index >= 15 is 0 Å². The van der Waals surface area contributed by atoms with Crippen molar-refractivity contribution in [1.82, 2.24) is 10.6 Å². The van der Waals surface area contributed by atoms with E-state index in [1.54, 1.807) is 12.1 Å². The molecule has 6 heteroatoms. The van der Waals surface area contributed by atoms with Crippen molar-refractivity contribution in [2.45, 2.75) is 13.8 Å². The van der Waals surface area contributed by atoms with E-state index in [0.717, 1.165) is 11.1 Å². The summed E-state index contributed by atoms with van der Waals surface area (Å²) in [5.74, 6) is -0.508. The fourth-order valence-electron chi connectivity index (χ4n) is 2.23. The van der Waals surface area contributed by atoms with Crippen molar-refractivity contribution in [1.29, 1.82) is 0 Å². The predicted molar refractivity (Wildman–Crippen MR) is 83.3 cm³/mol. The van der Waals surface area contributed by atoms with E-state index in [0.29, 0.717) is 11.5 Å². The van der Waals surface area contributed by atoms with Gasteiger partial charge in [-0.15, -0.1) is 0 Å². The van der Waals surface area contributed by atoms with E-state index in [1.165, 1.54) is 11.6 Å². The molecule has 0 bridgehead atoms. The second-order valence-electron chi connectivity index (χ2n) is 5.30. The Labute approximate surface area is 132 Å². The number of nitrogens with one attached hydrogen (secondary N) is 2. The van der Waals surface area contributed by atoms with Crippen LogP contribution in [-0.2, 0) is 9.59 Å². The normalized spacial score (nSPS) is 14.5. The number of imide groups is 2. The lowest BCUT2D eigenvalue weighted by Gasteiger charge is -2.13. The van der Waals surface area contributed by atoms with Gasteiger partial charge in [-0.1, -0.05) is 12.1 Å². The van der Waals surface area contributed by atoms with E-state index < -0.39 is 17.8 Å². The number of hydrogen-bond donors (Lipinski definition) is 2. The molecule has 1 aromatic heterocycles. The fraction of sp³-hybridized carbons (Fsp3) is 0.118. The Balaban J connectivity index is 1.91. The molecule has 3 rings (SSSR count). The summed E-state index contributed by atoms with van der Waals surface area (Å²) < 4.78 is 5.67. The van der Waals surface area contributed by atoms with Crippen LogP contribution < -0.4 is 10.6 Å². The zero-order valence-electron chi connectivity index (χ0n) is 12.6. The number of aryl methyl sites for hydroxylation is 2. The fourth-order valence-corrected chi connectivity index (χ4v) is 2.23. The first kappa shape index (κ1) is 14.8. The van der Waals surface area contributed by atoms with Crippen molar-refractivity contribution >= 4 is 23.9 Å². The van der Waals surface area contributed by atoms with Crippen molar-refractivity contribution in [2.24, 2.45) is 0 Å². The summed E-state index contributed by atoms with van der Waals surface area (Å²) in [6, 6.07) is 8.54. The molecule has 0 saturated carbocycles. The van der Waals surface area contributed by atoms with Gasteiger partial charge in [0.1, 0.15) is 17.1 Å². The Kier molecular flexibility index (Phi) is 3.57. The first-order valence-corrected chi connectivity index (χ1v) is 7.00. The molecule has 2 N–H and O–H groups in total. The summed E-state index contributed by atoms with van der Waals surface area (Å²) in [6.45, 7) is 4.04. The highest BCUT2D eigenvalue weighted by molar-refractivity contribution is 6.31. The summed E-state index contributed by atoms with van der Waals surface area (Å²) in [6.07, 6.45) is 1.31. The number of rotatable bonds is 2. The van der Waals surface area contributed by atoms with Gasteiger partial charge in [0, 0.05) is 5.56 Å². The third-order valence-corrected chi connectivity index (χ3v) is 3.65. The summed E-state index contributed by atoms with van der Waals surface area (Å²) in [7, 11) is 0. The molecule has 2 aromatic rings. The predicted octanol–water partition coefficient (Wildman–Crippen LogP) is 2.31. The Morgan fingerprint density at radius 1 is 0.913 bits per heavy atom. The Hall–Kier alpha value is -3.15. The topological polar surface area (TPSA) is 88.4 Å². The number of urea groups is 1. The first-order chi connectivity index (χ1) is 10.9. The van der Waals surface area contributed by atoms with Crippen LogP contribution in [0, 0.1) is 13.8 Å². The molecule has 6 nitrogen and oxygen atoms in total. The van der Waals surface area contributed by atoms with Crippen molar-refractivity contribution in [3.63, 3.8) is 0 Å². The van der Waals surface area contributed by atoms with Gasteiger partial charge in [-0.2, -0.15) is 0 Å². The maximum absolute atomic E-state index is 11.7. The number of amides is 4. The third kappa shape index (κ3) is 2.91. The van der Waals surface area contributed by atoms with Crippen LogP contribution in [0.4, 0.5) is 4.79 Å². The third-order valence-electron chi connectivity index (χ3n) is 3.65. The highest BCUT2D eigenvalue weighted by Gasteiger charge is 2.28. The largest absolute Gasteiger partial charge is 0.457 e. The van der Waals surface area contributed by atoms with E-state index in [4.69, 9.17) is 4.42 Å². The Bertz CT molecular complexity index is 839. The van der Waals surface area contributed by atoms with Gasteiger partial charge in [0.15, 0.2) is 0 Å². The molecule has 23 heavy (non-hydrogen) atoms. The molecule has 0 unspecified atom stereocenters. The first-order valence-electron chi connectivity index (χ1n) is 7.00. The van der Waals surface area contributed by atoms with Crippen LogP contribution in [0.5, 0.6) is 0 Å². The second-order valence-corrected chi connectivity index (χ2v) is 5.30. The molecular formula is C17H14N2O4. The summed E-state index contributed by atoms with van der Waals surface area (Å²) in [5.41, 5.74) is 3.06. The molecule has 0 atom stereocenters. The zero-order chi connectivity index (χ0) is 16.6. The van der Waals surface area contributed by atoms with Crippen LogP contribution in [0.3, 0.4) is 0 Å². The van der Waals surface area contributed by atoms with E-state index in [1.807, 2.05) is 42.7 Å². The summed E-state index contributed by atoms with van der Waals surface area (Å²) in [4.78, 5) is 34.4. The molecule has 1 aliphatic heterocycles. The maximum Gasteiger partial charge on any atom is 0.328 e. The van der Waals surface area contributed by atoms with Crippen LogP contribution in [0.15, 0.2) is 40.3 Å². The molecule has 116 valence electrons. The molecule has 1 aromatic carbocycles. The van der Waals surface area contributed by atoms with Gasteiger partial charge in [0.05, 0.1) is 0 Å². The molecule has 1 aliphatic rings. The number of benzene rings is 1. The summed E-state index contributed by atoms with van der Waals surface area (Å²) >= 11 is 0. The smallest absolute Gasteiger partial charge is 0.328 e. The molecule has 1 saturated heterocycles. The van der Waals surface area contributed by atoms with E-state index in [9.17, 15) is 14.4 Å². The highest BCUT2D eigenvalue weighted by Crippen LogP contribution is 2.25. The number of hydrogen-bond acceptors (Lipinski definition) is 4. The number of barbiturate groups is 1. The van der Waals surface area contributed by atoms with Crippen molar-refractivity contribution in [2.75, 3.05) is 0 Å². The minimum atomic E-state index is -0.826. The number of furan rings is 1. The minimum absolute atomic E-state index is 0.175. The lowest BCUT2D eigenvalue weighted by Crippen LogP contribution is -2.51. The molecule has 0 aliphatic carbocycles. The second kappa shape index (κ2) is 5.57. The Morgan fingerprint density at radius 3 is 2.26 bits per heavy atom. The van der Waals surface area contributed by atoms with Crippen LogP contribution in [0.1, 0.15) is 16.9 Å². The van der Waals surface area contributed by atoms with Gasteiger partial charge in [-0.25, -0.2) is 4.79 Å².